The molecule has 0 aromatic carbocycles. The Labute approximate surface area is 112 Å². The standard InChI is InChI=1S/C11H13BrF2N2O2/c1-2-18-8(17)4-6-3-7(5-12)9(10(13)14)16-11(6)15/h3,10H,2,4-5H2,1H3,(H2,15,16). The van der Waals surface area contributed by atoms with Gasteiger partial charge in [0.05, 0.1) is 13.0 Å². The van der Waals surface area contributed by atoms with E-state index < -0.39 is 12.4 Å². The number of nitrogen functional groups attached to an aromatic ring is 1. The lowest BCUT2D eigenvalue weighted by molar-refractivity contribution is -0.142. The summed E-state index contributed by atoms with van der Waals surface area (Å²) in [5.74, 6) is -0.528. The van der Waals surface area contributed by atoms with Crippen LogP contribution < -0.4 is 5.73 Å². The molecule has 0 saturated heterocycles. The van der Waals surface area contributed by atoms with Crippen LogP contribution in [0.5, 0.6) is 0 Å². The van der Waals surface area contributed by atoms with Gasteiger partial charge in [0.25, 0.3) is 6.43 Å². The SMILES string of the molecule is CCOC(=O)Cc1cc(CBr)c(C(F)F)nc1N. The molecule has 7 heteroatoms. The van der Waals surface area contributed by atoms with Crippen LogP contribution in [0, 0.1) is 0 Å². The molecule has 4 nitrogen and oxygen atoms in total. The van der Waals surface area contributed by atoms with Crippen LogP contribution in [0.2, 0.25) is 0 Å². The number of hydrogen-bond donors (Lipinski definition) is 1. The van der Waals surface area contributed by atoms with Crippen molar-refractivity contribution in [1.82, 2.24) is 4.98 Å². The molecule has 0 unspecified atom stereocenters. The van der Waals surface area contributed by atoms with E-state index in [9.17, 15) is 13.6 Å². The number of nitrogens with zero attached hydrogens (tertiary/aromatic N) is 1. The number of nitrogens with two attached hydrogens (primary N) is 1. The van der Waals surface area contributed by atoms with Crippen LogP contribution in [0.25, 0.3) is 0 Å². The molecule has 0 fully saturated rings. The summed E-state index contributed by atoms with van der Waals surface area (Å²) in [4.78, 5) is 15.0. The molecule has 18 heavy (non-hydrogen) atoms. The van der Waals surface area contributed by atoms with Crippen molar-refractivity contribution >= 4 is 27.7 Å². The number of pyridine rings is 1. The summed E-state index contributed by atoms with van der Waals surface area (Å²) in [7, 11) is 0. The van der Waals surface area contributed by atoms with Crippen LogP contribution in [0.3, 0.4) is 0 Å². The minimum atomic E-state index is -2.70. The highest BCUT2D eigenvalue weighted by Gasteiger charge is 2.18. The number of rotatable bonds is 5. The van der Waals surface area contributed by atoms with E-state index in [-0.39, 0.29) is 29.9 Å². The molecule has 0 saturated carbocycles. The van der Waals surface area contributed by atoms with Gasteiger partial charge in [-0.25, -0.2) is 13.8 Å². The van der Waals surface area contributed by atoms with Crippen LogP contribution in [0.4, 0.5) is 14.6 Å². The Morgan fingerprint density at radius 2 is 2.22 bits per heavy atom. The lowest BCUT2D eigenvalue weighted by Crippen LogP contribution is -2.12. The van der Waals surface area contributed by atoms with Gasteiger partial charge in [-0.1, -0.05) is 15.9 Å². The minimum absolute atomic E-state index is 0.0666. The van der Waals surface area contributed by atoms with E-state index in [0.717, 1.165) is 0 Å². The van der Waals surface area contributed by atoms with Crippen molar-refractivity contribution in [3.8, 4) is 0 Å². The lowest BCUT2D eigenvalue weighted by atomic mass is 10.1. The zero-order valence-electron chi connectivity index (χ0n) is 9.75. The van der Waals surface area contributed by atoms with E-state index in [1.165, 1.54) is 6.07 Å². The molecule has 2 N–H and O–H groups in total. The molecule has 1 aromatic heterocycles. The molecule has 0 amide bonds. The zero-order chi connectivity index (χ0) is 13.7. The first-order chi connectivity index (χ1) is 8.49. The molecule has 1 aromatic rings. The Hall–Kier alpha value is -1.24. The van der Waals surface area contributed by atoms with Gasteiger partial charge < -0.3 is 10.5 Å². The Balaban J connectivity index is 3.04. The first-order valence-corrected chi connectivity index (χ1v) is 6.39. The fraction of sp³-hybridized carbons (Fsp3) is 0.455. The normalized spacial score (nSPS) is 10.7. The average Bonchev–Trinajstić information content (AvgIpc) is 2.31. The van der Waals surface area contributed by atoms with Crippen molar-refractivity contribution < 1.29 is 18.3 Å². The van der Waals surface area contributed by atoms with E-state index in [1.807, 2.05) is 0 Å². The summed E-state index contributed by atoms with van der Waals surface area (Å²) in [5, 5.41) is 0.218. The zero-order valence-corrected chi connectivity index (χ0v) is 11.3. The van der Waals surface area contributed by atoms with Crippen LogP contribution in [0.15, 0.2) is 6.07 Å². The molecule has 0 spiro atoms. The first kappa shape index (κ1) is 14.8. The predicted molar refractivity (Wildman–Crippen MR) is 66.6 cm³/mol. The highest BCUT2D eigenvalue weighted by Crippen LogP contribution is 2.26. The molecule has 0 aliphatic carbocycles. The molecule has 0 bridgehead atoms. The third-order valence-electron chi connectivity index (χ3n) is 2.24. The smallest absolute Gasteiger partial charge is 0.310 e. The lowest BCUT2D eigenvalue weighted by Gasteiger charge is -2.11. The second kappa shape index (κ2) is 6.63. The molecule has 1 rings (SSSR count). The summed E-state index contributed by atoms with van der Waals surface area (Å²) in [6.07, 6.45) is -2.77. The van der Waals surface area contributed by atoms with Crippen molar-refractivity contribution in [2.75, 3.05) is 12.3 Å². The summed E-state index contributed by atoms with van der Waals surface area (Å²) in [5.41, 5.74) is 5.91. The first-order valence-electron chi connectivity index (χ1n) is 5.27. The molecule has 0 radical (unpaired) electrons. The maximum absolute atomic E-state index is 12.7. The average molecular weight is 323 g/mol. The minimum Gasteiger partial charge on any atom is -0.466 e. The van der Waals surface area contributed by atoms with E-state index in [2.05, 4.69) is 20.9 Å². The number of esters is 1. The van der Waals surface area contributed by atoms with Crippen molar-refractivity contribution in [1.29, 1.82) is 0 Å². The number of alkyl halides is 3. The van der Waals surface area contributed by atoms with Gasteiger partial charge in [0, 0.05) is 10.9 Å². The Morgan fingerprint density at radius 1 is 1.56 bits per heavy atom. The summed E-state index contributed by atoms with van der Waals surface area (Å²) >= 11 is 3.10. The van der Waals surface area contributed by atoms with Gasteiger partial charge in [0.1, 0.15) is 11.5 Å². The van der Waals surface area contributed by atoms with E-state index in [1.54, 1.807) is 6.92 Å². The number of aromatic nitrogens is 1. The number of carbonyl (C=O) groups excluding carboxylic acids is 1. The van der Waals surface area contributed by atoms with Gasteiger partial charge in [0.15, 0.2) is 0 Å². The fourth-order valence-electron chi connectivity index (χ4n) is 1.44. The molecular formula is C11H13BrF2N2O2. The fourth-order valence-corrected chi connectivity index (χ4v) is 1.89. The second-order valence-electron chi connectivity index (χ2n) is 3.49. The molecule has 0 aliphatic rings. The summed E-state index contributed by atoms with van der Waals surface area (Å²) in [6, 6.07) is 1.45. The van der Waals surface area contributed by atoms with Crippen LogP contribution in [-0.2, 0) is 21.3 Å². The van der Waals surface area contributed by atoms with E-state index in [4.69, 9.17) is 10.5 Å². The van der Waals surface area contributed by atoms with Crippen molar-refractivity contribution in [2.24, 2.45) is 0 Å². The molecular weight excluding hydrogens is 310 g/mol. The maximum atomic E-state index is 12.7. The number of anilines is 1. The number of ether oxygens (including phenoxy) is 1. The van der Waals surface area contributed by atoms with Gasteiger partial charge in [-0.3, -0.25) is 4.79 Å². The van der Waals surface area contributed by atoms with Crippen LogP contribution in [0.1, 0.15) is 30.2 Å². The van der Waals surface area contributed by atoms with Gasteiger partial charge in [0.2, 0.25) is 0 Å². The number of hydrogen-bond acceptors (Lipinski definition) is 4. The van der Waals surface area contributed by atoms with Gasteiger partial charge in [-0.15, -0.1) is 0 Å². The Morgan fingerprint density at radius 3 is 2.72 bits per heavy atom. The topological polar surface area (TPSA) is 65.2 Å². The molecule has 0 aliphatic heterocycles. The Kier molecular flexibility index (Phi) is 5.46. The molecule has 100 valence electrons. The number of carbonyl (C=O) groups is 1. The highest BCUT2D eigenvalue weighted by atomic mass is 79.9. The van der Waals surface area contributed by atoms with Crippen LogP contribution >= 0.6 is 15.9 Å². The van der Waals surface area contributed by atoms with E-state index in [0.29, 0.717) is 11.1 Å². The van der Waals surface area contributed by atoms with E-state index >= 15 is 0 Å². The third kappa shape index (κ3) is 3.63. The largest absolute Gasteiger partial charge is 0.466 e. The predicted octanol–water partition coefficient (Wildman–Crippen LogP) is 2.60. The van der Waals surface area contributed by atoms with Crippen LogP contribution in [-0.4, -0.2) is 17.6 Å². The number of halogens is 3. The van der Waals surface area contributed by atoms with Crippen molar-refractivity contribution in [3.05, 3.63) is 22.9 Å². The van der Waals surface area contributed by atoms with Gasteiger partial charge in [-0.05, 0) is 18.6 Å². The van der Waals surface area contributed by atoms with Crippen molar-refractivity contribution in [3.63, 3.8) is 0 Å². The maximum Gasteiger partial charge on any atom is 0.310 e. The van der Waals surface area contributed by atoms with Gasteiger partial charge >= 0.3 is 5.97 Å². The highest BCUT2D eigenvalue weighted by molar-refractivity contribution is 9.08. The molecule has 1 heterocycles. The molecule has 0 atom stereocenters. The second-order valence-corrected chi connectivity index (χ2v) is 4.05. The van der Waals surface area contributed by atoms with Crippen molar-refractivity contribution in [2.45, 2.75) is 25.1 Å². The third-order valence-corrected chi connectivity index (χ3v) is 2.84. The van der Waals surface area contributed by atoms with Gasteiger partial charge in [-0.2, -0.15) is 0 Å². The Bertz CT molecular complexity index is 441. The summed E-state index contributed by atoms with van der Waals surface area (Å²) in [6.45, 7) is 1.94. The summed E-state index contributed by atoms with van der Waals surface area (Å²) < 4.78 is 30.1. The monoisotopic (exact) mass is 322 g/mol. The quantitative estimate of drug-likeness (QED) is 0.668.